The van der Waals surface area contributed by atoms with Crippen LogP contribution in [-0.2, 0) is 6.54 Å². The number of nitrogens with one attached hydrogen (secondary N) is 4. The van der Waals surface area contributed by atoms with E-state index in [4.69, 9.17) is 9.72 Å². The van der Waals surface area contributed by atoms with E-state index in [0.717, 1.165) is 54.3 Å². The van der Waals surface area contributed by atoms with Crippen molar-refractivity contribution in [2.75, 3.05) is 25.5 Å². The molecule has 0 aromatic carbocycles. The Labute approximate surface area is 175 Å². The molecule has 158 valence electrons. The van der Waals surface area contributed by atoms with Crippen molar-refractivity contribution in [3.8, 4) is 5.88 Å². The quantitative estimate of drug-likeness (QED) is 0.489. The second kappa shape index (κ2) is 8.17. The van der Waals surface area contributed by atoms with E-state index < -0.39 is 0 Å². The van der Waals surface area contributed by atoms with E-state index in [-0.39, 0.29) is 12.2 Å². The maximum atomic E-state index is 5.47. The van der Waals surface area contributed by atoms with Gasteiger partial charge in [-0.2, -0.15) is 0 Å². The summed E-state index contributed by atoms with van der Waals surface area (Å²) in [6.07, 6.45) is 5.95. The number of hydrazine groups is 1. The summed E-state index contributed by atoms with van der Waals surface area (Å²) in [5.41, 5.74) is 10.5. The first kappa shape index (κ1) is 19.2. The minimum atomic E-state index is 0.0233. The van der Waals surface area contributed by atoms with E-state index in [2.05, 4.69) is 48.3 Å². The van der Waals surface area contributed by atoms with Crippen molar-refractivity contribution in [1.82, 2.24) is 35.7 Å². The molecule has 30 heavy (non-hydrogen) atoms. The number of nitrogens with zero attached hydrogens (tertiary/aromatic N) is 4. The number of fused-ring (bicyclic) bond motifs is 1. The summed E-state index contributed by atoms with van der Waals surface area (Å²) in [6, 6.07) is 6.21. The Morgan fingerprint density at radius 3 is 3.00 bits per heavy atom. The van der Waals surface area contributed by atoms with Crippen LogP contribution < -0.4 is 26.2 Å². The molecule has 3 atom stereocenters. The lowest BCUT2D eigenvalue weighted by atomic mass is 10.1. The van der Waals surface area contributed by atoms with Crippen molar-refractivity contribution in [2.45, 2.75) is 38.5 Å². The first-order valence-corrected chi connectivity index (χ1v) is 10.5. The number of anilines is 1. The first-order valence-electron chi connectivity index (χ1n) is 10.5. The van der Waals surface area contributed by atoms with Crippen LogP contribution in [0.25, 0.3) is 11.2 Å². The molecule has 2 saturated heterocycles. The Balaban J connectivity index is 1.29. The van der Waals surface area contributed by atoms with Gasteiger partial charge >= 0.3 is 0 Å². The van der Waals surface area contributed by atoms with Gasteiger partial charge in [0.15, 0.2) is 5.65 Å². The molecule has 9 heteroatoms. The van der Waals surface area contributed by atoms with Gasteiger partial charge in [0.05, 0.1) is 25.5 Å². The summed E-state index contributed by atoms with van der Waals surface area (Å²) in [6.45, 7) is 5.11. The zero-order chi connectivity index (χ0) is 20.5. The zero-order valence-corrected chi connectivity index (χ0v) is 17.4. The van der Waals surface area contributed by atoms with Crippen molar-refractivity contribution in [1.29, 1.82) is 0 Å². The fourth-order valence-corrected chi connectivity index (χ4v) is 4.32. The van der Waals surface area contributed by atoms with E-state index in [9.17, 15) is 0 Å². The molecule has 3 aromatic rings. The third-order valence-corrected chi connectivity index (χ3v) is 5.91. The van der Waals surface area contributed by atoms with Gasteiger partial charge in [-0.15, -0.1) is 0 Å². The van der Waals surface area contributed by atoms with Gasteiger partial charge in [-0.05, 0) is 44.5 Å². The summed E-state index contributed by atoms with van der Waals surface area (Å²) in [5.74, 6) is 2.08. The molecule has 4 N–H and O–H groups in total. The van der Waals surface area contributed by atoms with Gasteiger partial charge in [0.1, 0.15) is 11.3 Å². The molecule has 2 unspecified atom stereocenters. The molecular formula is C21H28N8O. The third-order valence-electron chi connectivity index (χ3n) is 5.91. The van der Waals surface area contributed by atoms with Crippen LogP contribution in [0, 0.1) is 12.8 Å². The van der Waals surface area contributed by atoms with E-state index in [1.54, 1.807) is 13.3 Å². The number of methoxy groups -OCH3 is 1. The molecule has 0 radical (unpaired) electrons. The molecule has 0 bridgehead atoms. The average Bonchev–Trinajstić information content (AvgIpc) is 3.51. The van der Waals surface area contributed by atoms with Gasteiger partial charge < -0.3 is 19.9 Å². The molecule has 0 spiro atoms. The summed E-state index contributed by atoms with van der Waals surface area (Å²) >= 11 is 0. The van der Waals surface area contributed by atoms with Crippen LogP contribution in [0.2, 0.25) is 0 Å². The number of pyridine rings is 1. The lowest BCUT2D eigenvalue weighted by Gasteiger charge is -2.15. The van der Waals surface area contributed by atoms with Crippen molar-refractivity contribution in [2.24, 2.45) is 5.92 Å². The lowest BCUT2D eigenvalue weighted by Crippen LogP contribution is -2.36. The van der Waals surface area contributed by atoms with Crippen LogP contribution in [0.5, 0.6) is 5.88 Å². The fourth-order valence-electron chi connectivity index (χ4n) is 4.32. The Bertz CT molecular complexity index is 1030. The average molecular weight is 409 g/mol. The van der Waals surface area contributed by atoms with Crippen LogP contribution in [0.1, 0.15) is 30.1 Å². The number of hydrogen-bond donors (Lipinski definition) is 4. The van der Waals surface area contributed by atoms with Crippen LogP contribution in [0.4, 0.5) is 5.82 Å². The van der Waals surface area contributed by atoms with Crippen molar-refractivity contribution in [3.05, 3.63) is 41.9 Å². The summed E-state index contributed by atoms with van der Waals surface area (Å²) < 4.78 is 7.69. The highest BCUT2D eigenvalue weighted by molar-refractivity contribution is 5.72. The largest absolute Gasteiger partial charge is 0.481 e. The highest BCUT2D eigenvalue weighted by Gasteiger charge is 2.28. The fraction of sp³-hybridized carbons (Fsp3) is 0.476. The maximum absolute atomic E-state index is 5.47. The predicted octanol–water partition coefficient (Wildman–Crippen LogP) is 1.73. The number of aryl methyl sites for hydroxylation is 1. The molecule has 3 aromatic heterocycles. The number of rotatable bonds is 6. The Morgan fingerprint density at radius 1 is 1.23 bits per heavy atom. The highest BCUT2D eigenvalue weighted by atomic mass is 16.5. The summed E-state index contributed by atoms with van der Waals surface area (Å²) in [7, 11) is 1.66. The van der Waals surface area contributed by atoms with Crippen molar-refractivity contribution >= 4 is 17.0 Å². The molecule has 2 fully saturated rings. The molecule has 0 saturated carbocycles. The third kappa shape index (κ3) is 3.83. The van der Waals surface area contributed by atoms with Gasteiger partial charge in [0.25, 0.3) is 0 Å². The highest BCUT2D eigenvalue weighted by Crippen LogP contribution is 2.29. The molecule has 5 rings (SSSR count). The zero-order valence-electron chi connectivity index (χ0n) is 17.4. The lowest BCUT2D eigenvalue weighted by molar-refractivity contribution is 0.384. The van der Waals surface area contributed by atoms with Crippen molar-refractivity contribution < 1.29 is 4.74 Å². The van der Waals surface area contributed by atoms with E-state index >= 15 is 0 Å². The van der Waals surface area contributed by atoms with Crippen LogP contribution >= 0.6 is 0 Å². The molecule has 9 nitrogen and oxygen atoms in total. The van der Waals surface area contributed by atoms with E-state index in [1.165, 1.54) is 6.42 Å². The monoisotopic (exact) mass is 408 g/mol. The van der Waals surface area contributed by atoms with E-state index in [1.807, 2.05) is 19.1 Å². The van der Waals surface area contributed by atoms with Crippen LogP contribution in [0.3, 0.4) is 0 Å². The Hall–Kier alpha value is -2.75. The van der Waals surface area contributed by atoms with Crippen LogP contribution in [0.15, 0.2) is 30.6 Å². The first-order chi connectivity index (χ1) is 14.7. The second-order valence-corrected chi connectivity index (χ2v) is 8.12. The number of aromatic nitrogens is 4. The molecule has 0 aliphatic carbocycles. The predicted molar refractivity (Wildman–Crippen MR) is 115 cm³/mol. The van der Waals surface area contributed by atoms with Gasteiger partial charge in [-0.1, -0.05) is 6.07 Å². The molecule has 2 aliphatic rings. The maximum Gasteiger partial charge on any atom is 0.218 e. The Kier molecular flexibility index (Phi) is 5.24. The smallest absolute Gasteiger partial charge is 0.218 e. The number of ether oxygens (including phenoxy) is 1. The minimum absolute atomic E-state index is 0.0233. The topological polar surface area (TPSA) is 101 Å². The molecule has 0 amide bonds. The molecule has 2 aliphatic heterocycles. The molecule has 5 heterocycles. The standard InChI is InChI=1S/C21H28N8O/c1-13-3-4-15(21(24-13)30-2)17-9-18(28-27-17)25-19-11-23-16-6-8-29(20(16)26-19)12-14-5-7-22-10-14/h3-4,6,8,11,14,17-18,22,27-28H,5,7,9-10,12H2,1-2H3,(H,25,26)/t14-,17?,18?/m0/s1. The normalized spacial score (nSPS) is 23.9. The van der Waals surface area contributed by atoms with Crippen LogP contribution in [-0.4, -0.2) is 45.9 Å². The number of hydrogen-bond acceptors (Lipinski definition) is 8. The molecular weight excluding hydrogens is 380 g/mol. The van der Waals surface area contributed by atoms with Crippen molar-refractivity contribution in [3.63, 3.8) is 0 Å². The van der Waals surface area contributed by atoms with Gasteiger partial charge in [0.2, 0.25) is 5.88 Å². The van der Waals surface area contributed by atoms with Gasteiger partial charge in [-0.25, -0.2) is 25.8 Å². The Morgan fingerprint density at radius 2 is 2.17 bits per heavy atom. The SMILES string of the molecule is COc1nc(C)ccc1C1CC(Nc2cnc3ccn(C[C@H]4CCNC4)c3n2)NN1. The van der Waals surface area contributed by atoms with Gasteiger partial charge in [0, 0.05) is 30.4 Å². The second-order valence-electron chi connectivity index (χ2n) is 8.12. The minimum Gasteiger partial charge on any atom is -0.481 e. The summed E-state index contributed by atoms with van der Waals surface area (Å²) in [4.78, 5) is 13.9. The summed E-state index contributed by atoms with van der Waals surface area (Å²) in [5, 5.41) is 6.89. The van der Waals surface area contributed by atoms with Gasteiger partial charge in [-0.3, -0.25) is 0 Å². The van der Waals surface area contributed by atoms with E-state index in [0.29, 0.717) is 11.8 Å².